The zero-order chi connectivity index (χ0) is 57.5. The fourth-order valence-electron chi connectivity index (χ4n) is 9.79. The lowest BCUT2D eigenvalue weighted by Crippen LogP contribution is -2.61. The molecule has 0 aromatic rings. The Labute approximate surface area is 483 Å². The van der Waals surface area contributed by atoms with E-state index in [0.717, 1.165) is 64.2 Å². The number of ether oxygens (including phenoxy) is 3. The summed E-state index contributed by atoms with van der Waals surface area (Å²) in [5.41, 5.74) is 0. The molecule has 1 amide bonds. The van der Waals surface area contributed by atoms with Crippen molar-refractivity contribution in [2.24, 2.45) is 0 Å². The molecule has 1 heterocycles. The van der Waals surface area contributed by atoms with Crippen molar-refractivity contribution >= 4 is 11.9 Å². The molecule has 0 bridgehead atoms. The third-order valence-corrected chi connectivity index (χ3v) is 14.9. The maximum Gasteiger partial charge on any atom is 0.306 e. The smallest absolute Gasteiger partial charge is 0.306 e. The molecule has 1 aliphatic heterocycles. The Balaban J connectivity index is 2.67. The van der Waals surface area contributed by atoms with Crippen molar-refractivity contribution in [3.8, 4) is 0 Å². The third-order valence-electron chi connectivity index (χ3n) is 14.9. The number of carbonyl (C=O) groups excluding carboxylic acids is 2. The van der Waals surface area contributed by atoms with E-state index in [0.29, 0.717) is 12.8 Å². The minimum Gasteiger partial charge on any atom is -0.454 e. The monoisotopic (exact) mass is 1110 g/mol. The van der Waals surface area contributed by atoms with Crippen LogP contribution in [0.15, 0.2) is 85.1 Å². The number of aliphatic hydroxyl groups excluding tert-OH is 5. The van der Waals surface area contributed by atoms with Gasteiger partial charge in [-0.25, -0.2) is 0 Å². The van der Waals surface area contributed by atoms with Crippen molar-refractivity contribution in [2.75, 3.05) is 13.2 Å². The van der Waals surface area contributed by atoms with Gasteiger partial charge in [-0.3, -0.25) is 9.59 Å². The van der Waals surface area contributed by atoms with Crippen LogP contribution in [-0.4, -0.2) is 99.6 Å². The van der Waals surface area contributed by atoms with E-state index in [-0.39, 0.29) is 19.4 Å². The van der Waals surface area contributed by atoms with E-state index in [2.05, 4.69) is 50.4 Å². The van der Waals surface area contributed by atoms with Gasteiger partial charge in [0.15, 0.2) is 12.4 Å². The van der Waals surface area contributed by atoms with Gasteiger partial charge in [0.25, 0.3) is 0 Å². The molecule has 11 nitrogen and oxygen atoms in total. The predicted octanol–water partition coefficient (Wildman–Crippen LogP) is 15.7. The van der Waals surface area contributed by atoms with Crippen LogP contribution in [0.2, 0.25) is 0 Å². The number of allylic oxidation sites excluding steroid dienone is 13. The number of aliphatic hydroxyl groups is 5. The number of amides is 1. The lowest BCUT2D eigenvalue weighted by atomic mass is 9.99. The van der Waals surface area contributed by atoms with Crippen molar-refractivity contribution in [1.29, 1.82) is 0 Å². The second-order valence-corrected chi connectivity index (χ2v) is 22.2. The van der Waals surface area contributed by atoms with Crippen molar-refractivity contribution in [2.45, 2.75) is 320 Å². The molecule has 0 aromatic heterocycles. The summed E-state index contributed by atoms with van der Waals surface area (Å²) in [4.78, 5) is 26.6. The minimum atomic E-state index is -1.63. The number of nitrogens with one attached hydrogen (secondary N) is 1. The molecule has 8 atom stereocenters. The molecule has 0 saturated carbocycles. The number of hydrogen-bond acceptors (Lipinski definition) is 10. The minimum absolute atomic E-state index is 0.0716. The predicted molar refractivity (Wildman–Crippen MR) is 329 cm³/mol. The Morgan fingerprint density at radius 2 is 0.924 bits per heavy atom. The molecular weight excluding hydrogens is 991 g/mol. The van der Waals surface area contributed by atoms with Crippen LogP contribution in [0.4, 0.5) is 0 Å². The van der Waals surface area contributed by atoms with E-state index >= 15 is 0 Å². The van der Waals surface area contributed by atoms with Gasteiger partial charge in [0.1, 0.15) is 24.4 Å². The number of esters is 1. The average molecular weight is 1110 g/mol. The van der Waals surface area contributed by atoms with Gasteiger partial charge >= 0.3 is 5.97 Å². The molecule has 0 radical (unpaired) electrons. The van der Waals surface area contributed by atoms with Crippen LogP contribution in [0, 0.1) is 0 Å². The van der Waals surface area contributed by atoms with Gasteiger partial charge in [-0.1, -0.05) is 279 Å². The topological polar surface area (TPSA) is 175 Å². The Bertz CT molecular complexity index is 1610. The van der Waals surface area contributed by atoms with Crippen LogP contribution < -0.4 is 5.32 Å². The maximum atomic E-state index is 13.5. The summed E-state index contributed by atoms with van der Waals surface area (Å²) >= 11 is 0. The molecule has 1 saturated heterocycles. The molecule has 8 unspecified atom stereocenters. The highest BCUT2D eigenvalue weighted by Crippen LogP contribution is 2.26. The second kappa shape index (κ2) is 55.4. The molecule has 0 spiro atoms. The quantitative estimate of drug-likeness (QED) is 0.0149. The van der Waals surface area contributed by atoms with E-state index in [1.54, 1.807) is 6.08 Å². The highest BCUT2D eigenvalue weighted by atomic mass is 16.7. The number of carbonyl (C=O) groups is 2. The first-order valence-corrected chi connectivity index (χ1v) is 32.4. The molecule has 0 aromatic carbocycles. The molecule has 11 heteroatoms. The second-order valence-electron chi connectivity index (χ2n) is 22.2. The van der Waals surface area contributed by atoms with Crippen molar-refractivity contribution < 1.29 is 49.3 Å². The molecule has 6 N–H and O–H groups in total. The molecule has 0 aliphatic carbocycles. The van der Waals surface area contributed by atoms with Crippen LogP contribution in [0.1, 0.15) is 271 Å². The Hall–Kier alpha value is -3.16. The van der Waals surface area contributed by atoms with Gasteiger partial charge in [0, 0.05) is 6.42 Å². The van der Waals surface area contributed by atoms with E-state index in [1.165, 1.54) is 161 Å². The van der Waals surface area contributed by atoms with Crippen molar-refractivity contribution in [3.63, 3.8) is 0 Å². The van der Waals surface area contributed by atoms with Gasteiger partial charge in [-0.15, -0.1) is 0 Å². The van der Waals surface area contributed by atoms with Crippen LogP contribution in [-0.2, 0) is 23.8 Å². The Kier molecular flexibility index (Phi) is 51.8. The van der Waals surface area contributed by atoms with Gasteiger partial charge in [0.2, 0.25) is 5.91 Å². The van der Waals surface area contributed by atoms with Crippen LogP contribution in [0.25, 0.3) is 0 Å². The zero-order valence-corrected chi connectivity index (χ0v) is 50.5. The summed E-state index contributed by atoms with van der Waals surface area (Å²) in [6.45, 7) is 5.63. The van der Waals surface area contributed by atoms with Gasteiger partial charge < -0.3 is 45.1 Å². The first-order valence-electron chi connectivity index (χ1n) is 32.4. The molecule has 1 aliphatic rings. The molecule has 1 rings (SSSR count). The van der Waals surface area contributed by atoms with Gasteiger partial charge in [-0.2, -0.15) is 0 Å². The molecule has 456 valence electrons. The average Bonchev–Trinajstić information content (AvgIpc) is 3.50. The van der Waals surface area contributed by atoms with Crippen LogP contribution in [0.5, 0.6) is 0 Å². The fraction of sp³-hybridized carbons (Fsp3) is 0.765. The lowest BCUT2D eigenvalue weighted by molar-refractivity contribution is -0.305. The van der Waals surface area contributed by atoms with E-state index < -0.39 is 67.4 Å². The summed E-state index contributed by atoms with van der Waals surface area (Å²) in [5, 5.41) is 57.0. The SMILES string of the molecule is CC/C=C/C=C/C=C\C=C/C=C/CCCCCC(=O)OC1C(OCC(NC(=O)C(O)CCCCCCCCCCCCCC/C=C/CCCCCCCC)C(O)/C=C/CCCCCCCCCCCCC)OC(CO)C(O)C1O. The normalized spacial score (nSPS) is 19.4. The van der Waals surface area contributed by atoms with Crippen LogP contribution >= 0.6 is 0 Å². The van der Waals surface area contributed by atoms with E-state index in [1.807, 2.05) is 54.7 Å². The third kappa shape index (κ3) is 43.2. The largest absolute Gasteiger partial charge is 0.454 e. The number of hydrogen-bond donors (Lipinski definition) is 6. The van der Waals surface area contributed by atoms with Gasteiger partial charge in [0.05, 0.1) is 25.4 Å². The first-order chi connectivity index (χ1) is 38.7. The summed E-state index contributed by atoms with van der Waals surface area (Å²) in [6.07, 6.45) is 62.0. The van der Waals surface area contributed by atoms with Gasteiger partial charge in [-0.05, 0) is 70.6 Å². The van der Waals surface area contributed by atoms with Crippen molar-refractivity contribution in [3.05, 3.63) is 85.1 Å². The number of unbranched alkanes of at least 4 members (excludes halogenated alkanes) is 32. The summed E-state index contributed by atoms with van der Waals surface area (Å²) < 4.78 is 17.6. The highest BCUT2D eigenvalue weighted by Gasteiger charge is 2.47. The zero-order valence-electron chi connectivity index (χ0n) is 50.5. The summed E-state index contributed by atoms with van der Waals surface area (Å²) in [7, 11) is 0. The van der Waals surface area contributed by atoms with E-state index in [9.17, 15) is 35.1 Å². The highest BCUT2D eigenvalue weighted by molar-refractivity contribution is 5.80. The fourth-order valence-corrected chi connectivity index (χ4v) is 9.79. The standard InChI is InChI=1S/C68H119NO10/c1-4-7-10-13-16-19-22-25-27-28-29-30-31-32-33-35-37-40-43-46-49-52-55-61(72)67(76)69-59(60(71)54-51-48-45-42-39-36-24-21-18-15-12-9-6-3)58-77-68-66(65(75)64(74)62(57-70)78-68)79-63(73)56-53-50-47-44-41-38-34-26-23-20-17-14-11-8-5-2/h8,11,14,17,20,23,25-27,34,38,41,51,54,59-62,64-66,68,70-72,74-75H,4-7,9-10,12-13,15-16,18-19,21-22,24,28-33,35-37,39-40,42-50,52-53,55-58H2,1-3H3,(H,69,76)/b11-8+,17-14+,23-20-,27-25+,34-26-,41-38+,54-51+. The maximum absolute atomic E-state index is 13.5. The summed E-state index contributed by atoms with van der Waals surface area (Å²) in [5.74, 6) is -1.24. The lowest BCUT2D eigenvalue weighted by Gasteiger charge is -2.41. The van der Waals surface area contributed by atoms with E-state index in [4.69, 9.17) is 14.2 Å². The first kappa shape index (κ1) is 73.9. The van der Waals surface area contributed by atoms with Crippen LogP contribution in [0.3, 0.4) is 0 Å². The number of rotatable bonds is 54. The molecule has 1 fully saturated rings. The molecule has 79 heavy (non-hydrogen) atoms. The summed E-state index contributed by atoms with van der Waals surface area (Å²) in [6, 6.07) is -1.04. The Morgan fingerprint density at radius 3 is 1.41 bits per heavy atom. The molecular formula is C68H119NO10. The Morgan fingerprint density at radius 1 is 0.506 bits per heavy atom. The van der Waals surface area contributed by atoms with Crippen molar-refractivity contribution in [1.82, 2.24) is 5.32 Å².